The molecule has 2 heterocycles. The Balaban J connectivity index is 1.60. The minimum Gasteiger partial charge on any atom is -0.471 e. The number of nitrogens with one attached hydrogen (secondary N) is 4. The van der Waals surface area contributed by atoms with Gasteiger partial charge in [-0.1, -0.05) is 6.07 Å². The van der Waals surface area contributed by atoms with Crippen LogP contribution in [0.2, 0.25) is 0 Å². The first-order valence-electron chi connectivity index (χ1n) is 13.9. The summed E-state index contributed by atoms with van der Waals surface area (Å²) in [6.45, 7) is 0.563. The van der Waals surface area contributed by atoms with Crippen molar-refractivity contribution in [1.29, 1.82) is 0 Å². The number of aromatic amines is 1. The van der Waals surface area contributed by atoms with E-state index < -0.39 is 72.0 Å². The molecule has 0 radical (unpaired) electrons. The lowest BCUT2D eigenvalue weighted by Gasteiger charge is -2.30. The van der Waals surface area contributed by atoms with E-state index in [-0.39, 0.29) is 60.5 Å². The lowest BCUT2D eigenvalue weighted by atomic mass is 9.85. The predicted octanol–water partition coefficient (Wildman–Crippen LogP) is 6.58. The third-order valence-electron chi connectivity index (χ3n) is 7.19. The Bertz CT molecular complexity index is 1560. The van der Waals surface area contributed by atoms with E-state index in [1.807, 2.05) is 0 Å². The first-order chi connectivity index (χ1) is 21.3. The maximum absolute atomic E-state index is 13.8. The highest BCUT2D eigenvalue weighted by atomic mass is 19.4. The monoisotopic (exact) mass is 668 g/mol. The van der Waals surface area contributed by atoms with Gasteiger partial charge in [-0.15, -0.1) is 0 Å². The Hall–Kier alpha value is -4.25. The molecular weight excluding hydrogens is 639 g/mol. The van der Waals surface area contributed by atoms with Crippen molar-refractivity contribution in [3.63, 3.8) is 0 Å². The molecule has 0 unspecified atom stereocenters. The van der Waals surface area contributed by atoms with Crippen LogP contribution in [0.1, 0.15) is 61.0 Å². The second kappa shape index (κ2) is 13.2. The number of hydrogen-bond acceptors (Lipinski definition) is 6. The Morgan fingerprint density at radius 1 is 1.00 bits per heavy atom. The van der Waals surface area contributed by atoms with Crippen molar-refractivity contribution in [2.75, 3.05) is 11.9 Å². The number of hydrogen-bond donors (Lipinski definition) is 4. The second-order valence-corrected chi connectivity index (χ2v) is 11.2. The number of halogens is 9. The molecule has 9 nitrogen and oxygen atoms in total. The Labute approximate surface area is 255 Å². The van der Waals surface area contributed by atoms with E-state index in [1.54, 1.807) is 0 Å². The maximum atomic E-state index is 13.8. The number of nitrogens with zero attached hydrogens (tertiary/aromatic N) is 2. The number of ether oxygens (including phenoxy) is 1. The highest BCUT2D eigenvalue weighted by Gasteiger charge is 2.41. The van der Waals surface area contributed by atoms with Gasteiger partial charge in [0.05, 0.1) is 17.2 Å². The summed E-state index contributed by atoms with van der Waals surface area (Å²) in [5, 5.41) is 7.30. The van der Waals surface area contributed by atoms with Crippen molar-refractivity contribution in [1.82, 2.24) is 25.6 Å². The van der Waals surface area contributed by atoms with Gasteiger partial charge in [-0.2, -0.15) is 31.3 Å². The molecule has 1 saturated carbocycles. The number of anilines is 2. The van der Waals surface area contributed by atoms with Gasteiger partial charge in [0.25, 0.3) is 18.2 Å². The molecule has 0 spiro atoms. The number of imidazole rings is 1. The SMILES string of the molecule is CC(C)(F)C(=O)NCc1ccc(C(F)(F)F)c(Nc2nc3cc(C(=O)N[C@H]4CC[C@H](C(F)(F)F)CC4)c(OCC(F)F)nc3[nH]2)c1. The molecule has 18 heteroatoms. The highest BCUT2D eigenvalue weighted by molar-refractivity contribution is 5.99. The summed E-state index contributed by atoms with van der Waals surface area (Å²) < 4.78 is 125. The number of carbonyl (C=O) groups excluding carboxylic acids is 2. The van der Waals surface area contributed by atoms with Crippen LogP contribution in [0.3, 0.4) is 0 Å². The standard InChI is InChI=1S/C28H29F9N6O3/c1-26(2,31)24(45)38-11-13-3-8-17(28(35,36)37)18(9-13)40-25-41-19-10-16(23(42-21(19)43-25)46-12-20(29)30)22(44)39-15-6-4-14(5-7-15)27(32,33)34/h3,8-10,14-15,20H,4-7,11-12H2,1-2H3,(H,38,45)(H,39,44)(H2,40,41,42,43)/t14-,15-. The summed E-state index contributed by atoms with van der Waals surface area (Å²) in [5.74, 6) is -4.23. The van der Waals surface area contributed by atoms with Gasteiger partial charge in [0.1, 0.15) is 11.1 Å². The second-order valence-electron chi connectivity index (χ2n) is 11.2. The number of alkyl halides is 9. The van der Waals surface area contributed by atoms with E-state index in [9.17, 15) is 49.1 Å². The number of rotatable bonds is 10. The summed E-state index contributed by atoms with van der Waals surface area (Å²) in [6.07, 6.45) is -12.5. The molecule has 0 saturated heterocycles. The van der Waals surface area contributed by atoms with Crippen LogP contribution < -0.4 is 20.7 Å². The summed E-state index contributed by atoms with van der Waals surface area (Å²) in [7, 11) is 0. The summed E-state index contributed by atoms with van der Waals surface area (Å²) in [4.78, 5) is 35.6. The maximum Gasteiger partial charge on any atom is 0.418 e. The minimum absolute atomic E-state index is 0.0190. The number of benzene rings is 1. The first-order valence-corrected chi connectivity index (χ1v) is 13.9. The summed E-state index contributed by atoms with van der Waals surface area (Å²) in [6, 6.07) is 3.34. The van der Waals surface area contributed by atoms with Crippen molar-refractivity contribution in [2.24, 2.45) is 5.92 Å². The number of H-pyrrole nitrogens is 1. The smallest absolute Gasteiger partial charge is 0.418 e. The average Bonchev–Trinajstić information content (AvgIpc) is 3.34. The topological polar surface area (TPSA) is 121 Å². The average molecular weight is 669 g/mol. The van der Waals surface area contributed by atoms with Crippen molar-refractivity contribution < 1.29 is 53.8 Å². The summed E-state index contributed by atoms with van der Waals surface area (Å²) >= 11 is 0. The van der Waals surface area contributed by atoms with Crippen LogP contribution in [0.15, 0.2) is 24.3 Å². The molecule has 2 amide bonds. The molecule has 252 valence electrons. The molecule has 4 rings (SSSR count). The molecule has 0 aliphatic heterocycles. The van der Waals surface area contributed by atoms with Gasteiger partial charge in [-0.3, -0.25) is 9.59 Å². The molecule has 1 aromatic carbocycles. The first kappa shape index (κ1) is 34.6. The lowest BCUT2D eigenvalue weighted by molar-refractivity contribution is -0.182. The van der Waals surface area contributed by atoms with Gasteiger partial charge in [0, 0.05) is 12.6 Å². The number of carbonyl (C=O) groups is 2. The van der Waals surface area contributed by atoms with Gasteiger partial charge >= 0.3 is 12.4 Å². The zero-order valence-electron chi connectivity index (χ0n) is 24.3. The van der Waals surface area contributed by atoms with Crippen molar-refractivity contribution in [2.45, 2.75) is 76.6 Å². The number of amides is 2. The van der Waals surface area contributed by atoms with E-state index in [0.717, 1.165) is 38.1 Å². The molecular formula is C28H29F9N6O3. The van der Waals surface area contributed by atoms with Crippen LogP contribution in [0.5, 0.6) is 5.88 Å². The third-order valence-corrected chi connectivity index (χ3v) is 7.19. The number of pyridine rings is 1. The van der Waals surface area contributed by atoms with Crippen molar-refractivity contribution in [3.05, 3.63) is 41.0 Å². The zero-order valence-corrected chi connectivity index (χ0v) is 24.3. The highest BCUT2D eigenvalue weighted by Crippen LogP contribution is 2.38. The van der Waals surface area contributed by atoms with Crippen molar-refractivity contribution >= 4 is 34.6 Å². The van der Waals surface area contributed by atoms with E-state index in [1.165, 1.54) is 0 Å². The van der Waals surface area contributed by atoms with Gasteiger partial charge in [0.2, 0.25) is 11.8 Å². The molecule has 1 fully saturated rings. The van der Waals surface area contributed by atoms with E-state index in [4.69, 9.17) is 4.74 Å². The minimum atomic E-state index is -4.84. The predicted molar refractivity (Wildman–Crippen MR) is 146 cm³/mol. The van der Waals surface area contributed by atoms with Crippen LogP contribution >= 0.6 is 0 Å². The van der Waals surface area contributed by atoms with Gasteiger partial charge < -0.3 is 25.7 Å². The Kier molecular flexibility index (Phi) is 9.96. The van der Waals surface area contributed by atoms with Crippen LogP contribution in [0.25, 0.3) is 11.2 Å². The van der Waals surface area contributed by atoms with E-state index in [0.29, 0.717) is 0 Å². The Morgan fingerprint density at radius 2 is 1.67 bits per heavy atom. The zero-order chi connectivity index (χ0) is 34.0. The largest absolute Gasteiger partial charge is 0.471 e. The third kappa shape index (κ3) is 8.72. The fourth-order valence-corrected chi connectivity index (χ4v) is 4.80. The fraction of sp³-hybridized carbons (Fsp3) is 0.500. The van der Waals surface area contributed by atoms with Gasteiger partial charge in [-0.05, 0) is 63.3 Å². The van der Waals surface area contributed by atoms with Crippen LogP contribution in [-0.2, 0) is 17.5 Å². The molecule has 0 bridgehead atoms. The molecule has 2 aromatic heterocycles. The van der Waals surface area contributed by atoms with Crippen LogP contribution in [-0.4, -0.2) is 57.7 Å². The van der Waals surface area contributed by atoms with E-state index in [2.05, 4.69) is 30.9 Å². The molecule has 1 aliphatic carbocycles. The molecule has 3 aromatic rings. The van der Waals surface area contributed by atoms with Crippen LogP contribution in [0, 0.1) is 5.92 Å². The fourth-order valence-electron chi connectivity index (χ4n) is 4.80. The number of aromatic nitrogens is 3. The molecule has 1 aliphatic rings. The lowest BCUT2D eigenvalue weighted by Crippen LogP contribution is -2.40. The molecule has 46 heavy (non-hydrogen) atoms. The Morgan fingerprint density at radius 3 is 2.26 bits per heavy atom. The van der Waals surface area contributed by atoms with Gasteiger partial charge in [0.15, 0.2) is 17.9 Å². The number of fused-ring (bicyclic) bond motifs is 1. The summed E-state index contributed by atoms with van der Waals surface area (Å²) in [5.41, 5.74) is -4.30. The van der Waals surface area contributed by atoms with E-state index >= 15 is 0 Å². The van der Waals surface area contributed by atoms with Crippen molar-refractivity contribution in [3.8, 4) is 5.88 Å². The molecule has 4 N–H and O–H groups in total. The normalized spacial score (nSPS) is 17.7. The molecule has 0 atom stereocenters. The van der Waals surface area contributed by atoms with Gasteiger partial charge in [-0.25, -0.2) is 18.2 Å². The van der Waals surface area contributed by atoms with Crippen LogP contribution in [0.4, 0.5) is 51.1 Å². The quantitative estimate of drug-likeness (QED) is 0.181.